The van der Waals surface area contributed by atoms with E-state index < -0.39 is 0 Å². The van der Waals surface area contributed by atoms with E-state index in [-0.39, 0.29) is 30.7 Å². The molecule has 1 saturated heterocycles. The SMILES string of the molecule is COc1ccc(C2c3ccsc3CCN2CC(=O)N2CCN(C(=O)c3ccc4c(c3)OCO4)C(C)C2)cc1. The van der Waals surface area contributed by atoms with Crippen LogP contribution in [0.2, 0.25) is 0 Å². The largest absolute Gasteiger partial charge is 0.497 e. The summed E-state index contributed by atoms with van der Waals surface area (Å²) in [7, 11) is 1.67. The molecule has 3 aliphatic rings. The van der Waals surface area contributed by atoms with Crippen LogP contribution in [0.3, 0.4) is 0 Å². The first-order valence-electron chi connectivity index (χ1n) is 12.9. The van der Waals surface area contributed by atoms with Crippen LogP contribution in [0, 0.1) is 0 Å². The summed E-state index contributed by atoms with van der Waals surface area (Å²) in [4.78, 5) is 34.2. The lowest BCUT2D eigenvalue weighted by atomic mass is 9.93. The predicted molar refractivity (Wildman–Crippen MR) is 144 cm³/mol. The molecule has 198 valence electrons. The van der Waals surface area contributed by atoms with Crippen LogP contribution in [0.4, 0.5) is 0 Å². The van der Waals surface area contributed by atoms with Crippen molar-refractivity contribution < 1.29 is 23.8 Å². The number of amides is 2. The smallest absolute Gasteiger partial charge is 0.254 e. The molecule has 4 heterocycles. The predicted octanol–water partition coefficient (Wildman–Crippen LogP) is 3.81. The van der Waals surface area contributed by atoms with Crippen LogP contribution in [0.1, 0.15) is 39.3 Å². The molecule has 1 fully saturated rings. The van der Waals surface area contributed by atoms with E-state index >= 15 is 0 Å². The van der Waals surface area contributed by atoms with Crippen LogP contribution in [0.5, 0.6) is 17.2 Å². The fourth-order valence-corrected chi connectivity index (χ4v) is 6.57. The topological polar surface area (TPSA) is 71.6 Å². The van der Waals surface area contributed by atoms with Gasteiger partial charge in [-0.25, -0.2) is 0 Å². The first-order valence-corrected chi connectivity index (χ1v) is 13.8. The summed E-state index contributed by atoms with van der Waals surface area (Å²) in [5, 5.41) is 2.14. The molecule has 0 saturated carbocycles. The molecular weight excluding hydrogens is 502 g/mol. The monoisotopic (exact) mass is 533 g/mol. The van der Waals surface area contributed by atoms with Gasteiger partial charge in [0.25, 0.3) is 5.91 Å². The number of methoxy groups -OCH3 is 1. The van der Waals surface area contributed by atoms with Crippen molar-refractivity contribution >= 4 is 23.2 Å². The molecule has 0 N–H and O–H groups in total. The maximum absolute atomic E-state index is 13.5. The van der Waals surface area contributed by atoms with Crippen molar-refractivity contribution in [1.29, 1.82) is 0 Å². The first kappa shape index (κ1) is 24.8. The maximum Gasteiger partial charge on any atom is 0.254 e. The van der Waals surface area contributed by atoms with Crippen LogP contribution in [-0.4, -0.2) is 79.2 Å². The number of carbonyl (C=O) groups excluding carboxylic acids is 2. The van der Waals surface area contributed by atoms with Crippen molar-refractivity contribution in [2.75, 3.05) is 46.6 Å². The number of nitrogens with zero attached hydrogens (tertiary/aromatic N) is 3. The number of hydrogen-bond acceptors (Lipinski definition) is 7. The molecule has 2 amide bonds. The average molecular weight is 534 g/mol. The lowest BCUT2D eigenvalue weighted by Gasteiger charge is -2.42. The second-order valence-corrected chi connectivity index (χ2v) is 11.0. The van der Waals surface area contributed by atoms with Gasteiger partial charge in [-0.3, -0.25) is 14.5 Å². The Bertz CT molecular complexity index is 1340. The first-order chi connectivity index (χ1) is 18.5. The fourth-order valence-electron chi connectivity index (χ4n) is 5.67. The van der Waals surface area contributed by atoms with Crippen LogP contribution < -0.4 is 14.2 Å². The van der Waals surface area contributed by atoms with Gasteiger partial charge in [-0.15, -0.1) is 11.3 Å². The molecule has 9 heteroatoms. The second kappa shape index (κ2) is 10.3. The quantitative estimate of drug-likeness (QED) is 0.497. The van der Waals surface area contributed by atoms with E-state index in [2.05, 4.69) is 28.5 Å². The summed E-state index contributed by atoms with van der Waals surface area (Å²) >= 11 is 1.79. The van der Waals surface area contributed by atoms with Crippen molar-refractivity contribution in [3.8, 4) is 17.2 Å². The van der Waals surface area contributed by atoms with E-state index in [1.54, 1.807) is 36.6 Å². The van der Waals surface area contributed by atoms with Crippen molar-refractivity contribution in [3.63, 3.8) is 0 Å². The van der Waals surface area contributed by atoms with Gasteiger partial charge in [-0.1, -0.05) is 12.1 Å². The Morgan fingerprint density at radius 3 is 2.63 bits per heavy atom. The number of carbonyl (C=O) groups is 2. The highest BCUT2D eigenvalue weighted by Crippen LogP contribution is 2.38. The highest BCUT2D eigenvalue weighted by Gasteiger charge is 2.35. The van der Waals surface area contributed by atoms with E-state index in [1.807, 2.05) is 28.9 Å². The Morgan fingerprint density at radius 1 is 1.03 bits per heavy atom. The van der Waals surface area contributed by atoms with Crippen LogP contribution in [0.25, 0.3) is 0 Å². The van der Waals surface area contributed by atoms with E-state index in [1.165, 1.54) is 10.4 Å². The number of benzene rings is 2. The third-order valence-electron chi connectivity index (χ3n) is 7.70. The molecule has 0 bridgehead atoms. The average Bonchev–Trinajstić information content (AvgIpc) is 3.62. The number of thiophene rings is 1. The van der Waals surface area contributed by atoms with Gasteiger partial charge in [0, 0.05) is 42.7 Å². The van der Waals surface area contributed by atoms with E-state index in [0.717, 1.165) is 24.3 Å². The minimum atomic E-state index is -0.0900. The van der Waals surface area contributed by atoms with Gasteiger partial charge in [0.15, 0.2) is 11.5 Å². The summed E-state index contributed by atoms with van der Waals surface area (Å²) in [5.41, 5.74) is 3.01. The third kappa shape index (κ3) is 4.61. The van der Waals surface area contributed by atoms with Gasteiger partial charge >= 0.3 is 0 Å². The van der Waals surface area contributed by atoms with Crippen LogP contribution >= 0.6 is 11.3 Å². The fraction of sp³-hybridized carbons (Fsp3) is 0.379. The van der Waals surface area contributed by atoms with Crippen molar-refractivity contribution in [3.05, 3.63) is 75.5 Å². The van der Waals surface area contributed by atoms with E-state index in [4.69, 9.17) is 14.2 Å². The normalized spacial score (nSPS) is 20.8. The Kier molecular flexibility index (Phi) is 6.71. The number of hydrogen-bond donors (Lipinski definition) is 0. The molecule has 2 aromatic carbocycles. The molecule has 0 spiro atoms. The Morgan fingerprint density at radius 2 is 1.84 bits per heavy atom. The van der Waals surface area contributed by atoms with E-state index in [9.17, 15) is 9.59 Å². The molecule has 0 aliphatic carbocycles. The van der Waals surface area contributed by atoms with Gasteiger partial charge in [0.05, 0.1) is 19.7 Å². The van der Waals surface area contributed by atoms with Gasteiger partial charge in [-0.05, 0) is 66.2 Å². The molecule has 38 heavy (non-hydrogen) atoms. The number of fused-ring (bicyclic) bond motifs is 2. The summed E-state index contributed by atoms with van der Waals surface area (Å²) in [6.45, 7) is 4.88. The minimum absolute atomic E-state index is 0.0335. The van der Waals surface area contributed by atoms with E-state index in [0.29, 0.717) is 43.2 Å². The molecular formula is C29H31N3O5S. The molecule has 2 unspecified atom stereocenters. The minimum Gasteiger partial charge on any atom is -0.497 e. The van der Waals surface area contributed by atoms with Gasteiger partial charge < -0.3 is 24.0 Å². The summed E-state index contributed by atoms with van der Waals surface area (Å²) < 4.78 is 16.2. The lowest BCUT2D eigenvalue weighted by Crippen LogP contribution is -2.57. The maximum atomic E-state index is 13.5. The van der Waals surface area contributed by atoms with Crippen molar-refractivity contribution in [1.82, 2.24) is 14.7 Å². The highest BCUT2D eigenvalue weighted by atomic mass is 32.1. The molecule has 3 aromatic rings. The van der Waals surface area contributed by atoms with Gasteiger partial charge in [0.1, 0.15) is 5.75 Å². The van der Waals surface area contributed by atoms with Crippen LogP contribution in [-0.2, 0) is 11.2 Å². The Balaban J connectivity index is 1.13. The van der Waals surface area contributed by atoms with Crippen molar-refractivity contribution in [2.45, 2.75) is 25.4 Å². The number of ether oxygens (including phenoxy) is 3. The number of rotatable bonds is 5. The standard InChI is InChI=1S/C29H31N3O5S/c1-19-16-30(12-13-32(19)29(34)21-5-8-24-25(15-21)37-18-36-24)27(33)17-31-11-9-26-23(10-14-38-26)28(31)20-3-6-22(35-2)7-4-20/h3-8,10,14-15,19,28H,9,11-13,16-18H2,1-2H3. The number of piperazine rings is 1. The summed E-state index contributed by atoms with van der Waals surface area (Å²) in [6, 6.07) is 15.6. The zero-order valence-electron chi connectivity index (χ0n) is 21.6. The van der Waals surface area contributed by atoms with Gasteiger partial charge in [-0.2, -0.15) is 0 Å². The molecule has 6 rings (SSSR count). The summed E-state index contributed by atoms with van der Waals surface area (Å²) in [5.74, 6) is 2.12. The highest BCUT2D eigenvalue weighted by molar-refractivity contribution is 7.10. The second-order valence-electron chi connectivity index (χ2n) is 9.95. The molecule has 3 aliphatic heterocycles. The molecule has 1 aromatic heterocycles. The van der Waals surface area contributed by atoms with Crippen molar-refractivity contribution in [2.24, 2.45) is 0 Å². The summed E-state index contributed by atoms with van der Waals surface area (Å²) in [6.07, 6.45) is 0.946. The third-order valence-corrected chi connectivity index (χ3v) is 8.69. The Labute approximate surface area is 226 Å². The zero-order valence-corrected chi connectivity index (χ0v) is 22.4. The Hall–Kier alpha value is -3.56. The van der Waals surface area contributed by atoms with Gasteiger partial charge in [0.2, 0.25) is 12.7 Å². The molecule has 8 nitrogen and oxygen atoms in total. The molecule has 2 atom stereocenters. The van der Waals surface area contributed by atoms with Crippen LogP contribution in [0.15, 0.2) is 53.9 Å². The molecule has 0 radical (unpaired) electrons. The lowest BCUT2D eigenvalue weighted by molar-refractivity contribution is -0.135. The zero-order chi connectivity index (χ0) is 26.2.